The minimum absolute atomic E-state index is 0.241. The third kappa shape index (κ3) is 3.45. The Morgan fingerprint density at radius 1 is 1.14 bits per heavy atom. The van der Waals surface area contributed by atoms with Gasteiger partial charge in [-0.3, -0.25) is 0 Å². The Kier molecular flexibility index (Phi) is 4.66. The van der Waals surface area contributed by atoms with Gasteiger partial charge in [0.05, 0.1) is 19.9 Å². The average Bonchev–Trinajstić information content (AvgIpc) is 2.53. The number of carbonyl (C=O) groups is 1. The first-order valence-corrected chi connectivity index (χ1v) is 6.38. The highest BCUT2D eigenvalue weighted by Gasteiger charge is 2.18. The Balaban J connectivity index is 2.30. The number of benzene rings is 2. The van der Waals surface area contributed by atoms with Gasteiger partial charge < -0.3 is 19.9 Å². The van der Waals surface area contributed by atoms with E-state index in [0.29, 0.717) is 23.8 Å². The second-order valence-corrected chi connectivity index (χ2v) is 4.36. The predicted molar refractivity (Wildman–Crippen MR) is 79.5 cm³/mol. The van der Waals surface area contributed by atoms with Crippen molar-refractivity contribution in [2.24, 2.45) is 0 Å². The van der Waals surface area contributed by atoms with E-state index in [-0.39, 0.29) is 5.56 Å². The van der Waals surface area contributed by atoms with E-state index in [0.717, 1.165) is 5.56 Å². The molecule has 2 aromatic rings. The zero-order valence-electron chi connectivity index (χ0n) is 12.0. The number of nitrogen functional groups attached to an aromatic ring is 1. The molecule has 2 aromatic carbocycles. The fourth-order valence-corrected chi connectivity index (χ4v) is 1.89. The van der Waals surface area contributed by atoms with E-state index in [9.17, 15) is 4.79 Å². The van der Waals surface area contributed by atoms with Crippen LogP contribution < -0.4 is 15.2 Å². The van der Waals surface area contributed by atoms with Gasteiger partial charge in [-0.15, -0.1) is 0 Å². The first kappa shape index (κ1) is 14.7. The molecule has 2 rings (SSSR count). The summed E-state index contributed by atoms with van der Waals surface area (Å²) in [7, 11) is 2.80. The molecular formula is C16H17NO4. The second kappa shape index (κ2) is 6.65. The maximum Gasteiger partial charge on any atom is 0.341 e. The van der Waals surface area contributed by atoms with Crippen LogP contribution in [-0.4, -0.2) is 20.2 Å². The summed E-state index contributed by atoms with van der Waals surface area (Å²) in [5, 5.41) is 0. The van der Waals surface area contributed by atoms with Gasteiger partial charge in [-0.25, -0.2) is 4.79 Å². The number of methoxy groups -OCH3 is 2. The number of ether oxygens (including phenoxy) is 3. The van der Waals surface area contributed by atoms with Crippen molar-refractivity contribution in [2.45, 2.75) is 6.61 Å². The minimum atomic E-state index is -0.524. The molecule has 0 bridgehead atoms. The predicted octanol–water partition coefficient (Wildman–Crippen LogP) is 2.64. The molecule has 0 heterocycles. The zero-order valence-corrected chi connectivity index (χ0v) is 12.0. The van der Waals surface area contributed by atoms with Gasteiger partial charge >= 0.3 is 5.97 Å². The van der Waals surface area contributed by atoms with E-state index in [1.807, 2.05) is 30.3 Å². The lowest BCUT2D eigenvalue weighted by Crippen LogP contribution is -2.08. The van der Waals surface area contributed by atoms with Crippen molar-refractivity contribution in [3.05, 3.63) is 53.6 Å². The van der Waals surface area contributed by atoms with Crippen LogP contribution in [0.5, 0.6) is 11.5 Å². The van der Waals surface area contributed by atoms with Crippen LogP contribution in [0.1, 0.15) is 15.9 Å². The van der Waals surface area contributed by atoms with Gasteiger partial charge in [-0.1, -0.05) is 30.3 Å². The molecule has 0 aliphatic carbocycles. The Labute approximate surface area is 123 Å². The summed E-state index contributed by atoms with van der Waals surface area (Å²) in [5.41, 5.74) is 7.48. The molecule has 0 aliphatic rings. The first-order valence-electron chi connectivity index (χ1n) is 6.38. The second-order valence-electron chi connectivity index (χ2n) is 4.36. The number of rotatable bonds is 5. The van der Waals surface area contributed by atoms with E-state index in [2.05, 4.69) is 0 Å². The van der Waals surface area contributed by atoms with Crippen LogP contribution in [0, 0.1) is 0 Å². The van der Waals surface area contributed by atoms with Crippen LogP contribution >= 0.6 is 0 Å². The Hall–Kier alpha value is -2.69. The molecule has 2 N–H and O–H groups in total. The summed E-state index contributed by atoms with van der Waals surface area (Å²) in [6, 6.07) is 12.8. The van der Waals surface area contributed by atoms with Crippen molar-refractivity contribution in [2.75, 3.05) is 20.0 Å². The summed E-state index contributed by atoms with van der Waals surface area (Å²) in [4.78, 5) is 11.9. The molecule has 0 amide bonds. The molecule has 0 saturated carbocycles. The van der Waals surface area contributed by atoms with Crippen molar-refractivity contribution < 1.29 is 19.0 Å². The fourth-order valence-electron chi connectivity index (χ4n) is 1.89. The number of esters is 1. The first-order chi connectivity index (χ1) is 10.2. The molecule has 0 saturated heterocycles. The molecule has 0 fully saturated rings. The smallest absolute Gasteiger partial charge is 0.341 e. The summed E-state index contributed by atoms with van der Waals surface area (Å²) in [6.07, 6.45) is 0. The Morgan fingerprint density at radius 2 is 1.86 bits per heavy atom. The van der Waals surface area contributed by atoms with Gasteiger partial charge in [0.2, 0.25) is 0 Å². The van der Waals surface area contributed by atoms with Crippen LogP contribution in [0.25, 0.3) is 0 Å². The van der Waals surface area contributed by atoms with Crippen LogP contribution in [-0.2, 0) is 11.3 Å². The highest BCUT2D eigenvalue weighted by molar-refractivity contribution is 5.95. The van der Waals surface area contributed by atoms with Crippen LogP contribution in [0.15, 0.2) is 42.5 Å². The molecule has 0 aromatic heterocycles. The van der Waals surface area contributed by atoms with Crippen molar-refractivity contribution >= 4 is 11.7 Å². The molecule has 110 valence electrons. The molecule has 21 heavy (non-hydrogen) atoms. The number of carbonyl (C=O) groups excluding carboxylic acids is 1. The van der Waals surface area contributed by atoms with Crippen LogP contribution in [0.2, 0.25) is 0 Å². The number of hydrogen-bond donors (Lipinski definition) is 1. The third-order valence-corrected chi connectivity index (χ3v) is 2.96. The van der Waals surface area contributed by atoms with Gasteiger partial charge in [0, 0.05) is 6.07 Å². The zero-order chi connectivity index (χ0) is 15.2. The van der Waals surface area contributed by atoms with Gasteiger partial charge in [-0.05, 0) is 11.6 Å². The number of anilines is 1. The van der Waals surface area contributed by atoms with Crippen molar-refractivity contribution in [3.63, 3.8) is 0 Å². The van der Waals surface area contributed by atoms with E-state index >= 15 is 0 Å². The van der Waals surface area contributed by atoms with Gasteiger partial charge in [-0.2, -0.15) is 0 Å². The van der Waals surface area contributed by atoms with E-state index in [1.165, 1.54) is 14.2 Å². The summed E-state index contributed by atoms with van der Waals surface area (Å²) in [6.45, 7) is 0.307. The minimum Gasteiger partial charge on any atom is -0.497 e. The Bertz CT molecular complexity index is 626. The molecule has 0 radical (unpaired) electrons. The van der Waals surface area contributed by atoms with E-state index < -0.39 is 5.97 Å². The van der Waals surface area contributed by atoms with Crippen molar-refractivity contribution in [1.29, 1.82) is 0 Å². The van der Waals surface area contributed by atoms with E-state index in [4.69, 9.17) is 19.9 Å². The molecule has 0 aliphatic heterocycles. The van der Waals surface area contributed by atoms with Gasteiger partial charge in [0.15, 0.2) is 5.75 Å². The van der Waals surface area contributed by atoms with Crippen molar-refractivity contribution in [3.8, 4) is 11.5 Å². The lowest BCUT2D eigenvalue weighted by atomic mass is 10.1. The topological polar surface area (TPSA) is 70.8 Å². The van der Waals surface area contributed by atoms with E-state index in [1.54, 1.807) is 12.1 Å². The van der Waals surface area contributed by atoms with Crippen LogP contribution in [0.4, 0.5) is 5.69 Å². The molecule has 5 nitrogen and oxygen atoms in total. The standard InChI is InChI=1S/C16H17NO4/c1-19-12-8-13(16(18)20-2)15(14(17)9-12)21-10-11-6-4-3-5-7-11/h3-9H,10,17H2,1-2H3. The fraction of sp³-hybridized carbons (Fsp3) is 0.188. The maximum absolute atomic E-state index is 11.9. The highest BCUT2D eigenvalue weighted by atomic mass is 16.5. The molecule has 0 spiro atoms. The normalized spacial score (nSPS) is 10.0. The lowest BCUT2D eigenvalue weighted by Gasteiger charge is -2.14. The number of hydrogen-bond acceptors (Lipinski definition) is 5. The largest absolute Gasteiger partial charge is 0.497 e. The van der Waals surface area contributed by atoms with Gasteiger partial charge in [0.25, 0.3) is 0 Å². The van der Waals surface area contributed by atoms with Crippen LogP contribution in [0.3, 0.4) is 0 Å². The number of nitrogens with two attached hydrogens (primary N) is 1. The SMILES string of the molecule is COC(=O)c1cc(OC)cc(N)c1OCc1ccccc1. The molecule has 0 unspecified atom stereocenters. The monoisotopic (exact) mass is 287 g/mol. The van der Waals surface area contributed by atoms with Crippen molar-refractivity contribution in [1.82, 2.24) is 0 Å². The highest BCUT2D eigenvalue weighted by Crippen LogP contribution is 2.32. The average molecular weight is 287 g/mol. The Morgan fingerprint density at radius 3 is 2.48 bits per heavy atom. The summed E-state index contributed by atoms with van der Waals surface area (Å²) >= 11 is 0. The third-order valence-electron chi connectivity index (χ3n) is 2.96. The quantitative estimate of drug-likeness (QED) is 0.676. The molecule has 0 atom stereocenters. The summed E-state index contributed by atoms with van der Waals surface area (Å²) < 4.78 is 15.6. The molecular weight excluding hydrogens is 270 g/mol. The maximum atomic E-state index is 11.9. The molecule has 5 heteroatoms. The lowest BCUT2D eigenvalue weighted by molar-refractivity contribution is 0.0595. The summed E-state index contributed by atoms with van der Waals surface area (Å²) in [5.74, 6) is 0.245. The van der Waals surface area contributed by atoms with Gasteiger partial charge in [0.1, 0.15) is 17.9 Å².